The van der Waals surface area contributed by atoms with E-state index in [0.29, 0.717) is 19.4 Å². The molecule has 4 aliphatic rings. The van der Waals surface area contributed by atoms with Gasteiger partial charge in [0.25, 0.3) is 5.91 Å². The molecule has 0 aromatic heterocycles. The number of likely N-dealkylation sites (tertiary alicyclic amines) is 1. The molecular formula is C28H28N2O6. The van der Waals surface area contributed by atoms with Crippen molar-refractivity contribution in [3.05, 3.63) is 66.8 Å². The largest absolute Gasteiger partial charge is 0.465 e. The van der Waals surface area contributed by atoms with Crippen LogP contribution in [0, 0.1) is 11.8 Å². The Balaban J connectivity index is 1.45. The van der Waals surface area contributed by atoms with Crippen molar-refractivity contribution in [3.8, 4) is 0 Å². The van der Waals surface area contributed by atoms with Crippen LogP contribution in [0.2, 0.25) is 0 Å². The van der Waals surface area contributed by atoms with Crippen molar-refractivity contribution < 1.29 is 29.0 Å². The maximum atomic E-state index is 14.3. The minimum atomic E-state index is -1.29. The molecule has 0 bridgehead atoms. The molecule has 2 aromatic carbocycles. The van der Waals surface area contributed by atoms with Crippen molar-refractivity contribution in [3.63, 3.8) is 0 Å². The lowest BCUT2D eigenvalue weighted by Crippen LogP contribution is -2.55. The minimum Gasteiger partial charge on any atom is -0.465 e. The van der Waals surface area contributed by atoms with Crippen LogP contribution in [-0.4, -0.2) is 71.8 Å². The van der Waals surface area contributed by atoms with Gasteiger partial charge in [-0.1, -0.05) is 54.6 Å². The van der Waals surface area contributed by atoms with E-state index in [1.54, 1.807) is 4.90 Å². The topological polar surface area (TPSA) is 96.4 Å². The zero-order valence-corrected chi connectivity index (χ0v) is 19.8. The van der Waals surface area contributed by atoms with Gasteiger partial charge in [-0.25, -0.2) is 0 Å². The highest BCUT2D eigenvalue weighted by atomic mass is 16.6. The Hall–Kier alpha value is -3.49. The molecule has 2 fully saturated rings. The summed E-state index contributed by atoms with van der Waals surface area (Å²) in [5.74, 6) is -2.77. The fourth-order valence-electron chi connectivity index (χ4n) is 6.16. The Bertz CT molecular complexity index is 1290. The van der Waals surface area contributed by atoms with Gasteiger partial charge in [0.15, 0.2) is 0 Å². The predicted molar refractivity (Wildman–Crippen MR) is 132 cm³/mol. The summed E-state index contributed by atoms with van der Waals surface area (Å²) in [4.78, 5) is 44.3. The Kier molecular flexibility index (Phi) is 5.65. The second-order valence-electron chi connectivity index (χ2n) is 9.72. The number of benzene rings is 2. The number of esters is 1. The number of aliphatic hydroxyl groups is 1. The fraction of sp³-hybridized carbons (Fsp3) is 0.393. The van der Waals surface area contributed by atoms with E-state index in [-0.39, 0.29) is 31.6 Å². The molecule has 186 valence electrons. The third-order valence-electron chi connectivity index (χ3n) is 7.72. The van der Waals surface area contributed by atoms with Crippen LogP contribution < -0.4 is 4.90 Å². The van der Waals surface area contributed by atoms with Crippen LogP contribution in [0.4, 0.5) is 5.69 Å². The molecule has 0 saturated carbocycles. The summed E-state index contributed by atoms with van der Waals surface area (Å²) in [6.45, 7) is 0.622. The highest BCUT2D eigenvalue weighted by molar-refractivity contribution is 6.06. The van der Waals surface area contributed by atoms with Crippen LogP contribution in [-0.2, 0) is 23.9 Å². The van der Waals surface area contributed by atoms with E-state index in [4.69, 9.17) is 9.47 Å². The molecule has 36 heavy (non-hydrogen) atoms. The summed E-state index contributed by atoms with van der Waals surface area (Å²) < 4.78 is 12.0. The lowest BCUT2D eigenvalue weighted by molar-refractivity contribution is -0.154. The van der Waals surface area contributed by atoms with Crippen molar-refractivity contribution in [2.75, 3.05) is 31.2 Å². The van der Waals surface area contributed by atoms with Gasteiger partial charge in [0.2, 0.25) is 5.91 Å². The molecule has 5 atom stereocenters. The molecule has 0 radical (unpaired) electrons. The molecule has 8 heteroatoms. The van der Waals surface area contributed by atoms with Crippen LogP contribution in [0.3, 0.4) is 0 Å². The van der Waals surface area contributed by atoms with E-state index in [1.165, 1.54) is 4.90 Å². The summed E-state index contributed by atoms with van der Waals surface area (Å²) in [6.07, 6.45) is 7.62. The number of hydrogen-bond acceptors (Lipinski definition) is 6. The number of rotatable bonds is 4. The molecule has 0 aliphatic carbocycles. The lowest BCUT2D eigenvalue weighted by Gasteiger charge is -2.35. The number of amides is 2. The number of fused-ring (bicyclic) bond motifs is 3. The van der Waals surface area contributed by atoms with Gasteiger partial charge in [0, 0.05) is 25.4 Å². The van der Waals surface area contributed by atoms with Crippen molar-refractivity contribution in [1.29, 1.82) is 0 Å². The van der Waals surface area contributed by atoms with Gasteiger partial charge in [0.1, 0.15) is 17.6 Å². The standard InChI is InChI=1S/C28H28N2O6/c31-15-6-14-30-24-26(33)29(20-11-10-18-7-1-2-8-19(18)17-20)13-5-12-28(24)23(25(30)32)22-21(36-28)9-3-4-16-35-27(22)34/h1-3,5,7-12,17,21-24,31H,4,6,13-16H2/t21-,22+,23-,24?,28-/m0/s1. The maximum absolute atomic E-state index is 14.3. The molecule has 2 saturated heterocycles. The molecule has 2 amide bonds. The SMILES string of the molecule is O=C1OCCC=C[C@@H]2O[C@]34C=CCN(c5ccc6ccccc6c5)C(=O)C3N(CCCO)C(=O)[C@@H]4[C@H]12. The predicted octanol–water partition coefficient (Wildman–Crippen LogP) is 2.21. The highest BCUT2D eigenvalue weighted by Gasteiger charge is 2.71. The third-order valence-corrected chi connectivity index (χ3v) is 7.72. The molecule has 6 rings (SSSR count). The van der Waals surface area contributed by atoms with Crippen molar-refractivity contribution in [2.24, 2.45) is 11.8 Å². The lowest BCUT2D eigenvalue weighted by atomic mass is 9.77. The summed E-state index contributed by atoms with van der Waals surface area (Å²) in [5.41, 5.74) is -0.570. The summed E-state index contributed by atoms with van der Waals surface area (Å²) in [7, 11) is 0. The quantitative estimate of drug-likeness (QED) is 0.524. The Morgan fingerprint density at radius 3 is 2.69 bits per heavy atom. The van der Waals surface area contributed by atoms with E-state index in [2.05, 4.69) is 0 Å². The number of ether oxygens (including phenoxy) is 2. The average Bonchev–Trinajstić information content (AvgIpc) is 3.25. The van der Waals surface area contributed by atoms with Crippen molar-refractivity contribution in [1.82, 2.24) is 4.90 Å². The third kappa shape index (κ3) is 3.39. The van der Waals surface area contributed by atoms with Gasteiger partial charge in [-0.3, -0.25) is 14.4 Å². The molecule has 4 heterocycles. The molecule has 1 unspecified atom stereocenters. The highest BCUT2D eigenvalue weighted by Crippen LogP contribution is 2.53. The Morgan fingerprint density at radius 2 is 1.86 bits per heavy atom. The molecule has 2 aromatic rings. The van der Waals surface area contributed by atoms with Gasteiger partial charge in [-0.05, 0) is 35.7 Å². The normalized spacial score (nSPS) is 31.5. The first kappa shape index (κ1) is 22.9. The number of hydrogen-bond donors (Lipinski definition) is 1. The smallest absolute Gasteiger partial charge is 0.312 e. The molecule has 8 nitrogen and oxygen atoms in total. The number of carbonyl (C=O) groups excluding carboxylic acids is 3. The van der Waals surface area contributed by atoms with E-state index < -0.39 is 35.6 Å². The van der Waals surface area contributed by atoms with Gasteiger partial charge in [-0.15, -0.1) is 0 Å². The van der Waals surface area contributed by atoms with Crippen molar-refractivity contribution >= 4 is 34.2 Å². The second kappa shape index (κ2) is 8.87. The summed E-state index contributed by atoms with van der Waals surface area (Å²) in [5, 5.41) is 11.6. The van der Waals surface area contributed by atoms with E-state index in [0.717, 1.165) is 16.5 Å². The average molecular weight is 489 g/mol. The van der Waals surface area contributed by atoms with Gasteiger partial charge in [-0.2, -0.15) is 0 Å². The Morgan fingerprint density at radius 1 is 1.03 bits per heavy atom. The van der Waals surface area contributed by atoms with Crippen LogP contribution >= 0.6 is 0 Å². The number of anilines is 1. The zero-order chi connectivity index (χ0) is 24.9. The first-order chi connectivity index (χ1) is 17.5. The van der Waals surface area contributed by atoms with Gasteiger partial charge in [0.05, 0.1) is 18.6 Å². The zero-order valence-electron chi connectivity index (χ0n) is 19.8. The maximum Gasteiger partial charge on any atom is 0.312 e. The van der Waals surface area contributed by atoms with E-state index in [1.807, 2.05) is 66.8 Å². The number of aliphatic hydroxyl groups excluding tert-OH is 1. The van der Waals surface area contributed by atoms with Crippen LogP contribution in [0.25, 0.3) is 10.8 Å². The first-order valence-electron chi connectivity index (χ1n) is 12.5. The van der Waals surface area contributed by atoms with Gasteiger partial charge < -0.3 is 24.4 Å². The van der Waals surface area contributed by atoms with Crippen LogP contribution in [0.5, 0.6) is 0 Å². The summed E-state index contributed by atoms with van der Waals surface area (Å²) >= 11 is 0. The Labute approximate surface area is 208 Å². The molecular weight excluding hydrogens is 460 g/mol. The van der Waals surface area contributed by atoms with E-state index in [9.17, 15) is 19.5 Å². The van der Waals surface area contributed by atoms with E-state index >= 15 is 0 Å². The molecule has 1 spiro atoms. The number of carbonyl (C=O) groups is 3. The van der Waals surface area contributed by atoms with Crippen LogP contribution in [0.15, 0.2) is 66.8 Å². The molecule has 4 aliphatic heterocycles. The summed E-state index contributed by atoms with van der Waals surface area (Å²) in [6, 6.07) is 12.8. The minimum absolute atomic E-state index is 0.121. The number of cyclic esters (lactones) is 1. The number of nitrogens with zero attached hydrogens (tertiary/aromatic N) is 2. The van der Waals surface area contributed by atoms with Gasteiger partial charge >= 0.3 is 5.97 Å². The van der Waals surface area contributed by atoms with Crippen molar-refractivity contribution in [2.45, 2.75) is 30.6 Å². The second-order valence-corrected chi connectivity index (χ2v) is 9.72. The monoisotopic (exact) mass is 488 g/mol. The fourth-order valence-corrected chi connectivity index (χ4v) is 6.16. The first-order valence-corrected chi connectivity index (χ1v) is 12.5. The van der Waals surface area contributed by atoms with Crippen LogP contribution in [0.1, 0.15) is 12.8 Å². The molecule has 1 N–H and O–H groups in total.